The molecular weight excluding hydrogens is 266 g/mol. The molecule has 0 radical (unpaired) electrons. The van der Waals surface area contributed by atoms with Gasteiger partial charge in [-0.2, -0.15) is 0 Å². The van der Waals surface area contributed by atoms with E-state index in [1.54, 1.807) is 12.1 Å². The van der Waals surface area contributed by atoms with Crippen LogP contribution in [0.4, 0.5) is 11.4 Å². The number of nitrogens with one attached hydrogen (secondary N) is 2. The Labute approximate surface area is 125 Å². The van der Waals surface area contributed by atoms with Crippen molar-refractivity contribution in [3.8, 4) is 0 Å². The second-order valence-corrected chi connectivity index (χ2v) is 5.79. The zero-order valence-corrected chi connectivity index (χ0v) is 12.6. The van der Waals surface area contributed by atoms with Crippen LogP contribution in [0, 0.1) is 0 Å². The number of anilines is 2. The number of nitrogen functional groups attached to an aromatic ring is 1. The second-order valence-electron chi connectivity index (χ2n) is 5.79. The Hall–Kier alpha value is -1.75. The quantitative estimate of drug-likeness (QED) is 0.626. The van der Waals surface area contributed by atoms with Crippen LogP contribution >= 0.6 is 0 Å². The van der Waals surface area contributed by atoms with E-state index in [-0.39, 0.29) is 18.1 Å². The van der Waals surface area contributed by atoms with E-state index in [1.165, 1.54) is 6.42 Å². The standard InChI is InChI=1S/C16H25N3O2/c1-2-18-15(21)12-6-7-14(13(17)10-12)19-16(11-20)8-4-3-5-9-16/h6-7,10,19-20H,2-5,8-9,11,17H2,1H3,(H,18,21). The van der Waals surface area contributed by atoms with Crippen molar-refractivity contribution >= 4 is 17.3 Å². The van der Waals surface area contributed by atoms with E-state index in [9.17, 15) is 9.90 Å². The van der Waals surface area contributed by atoms with Crippen LogP contribution in [0.2, 0.25) is 0 Å². The number of hydrogen-bond acceptors (Lipinski definition) is 4. The molecule has 0 atom stereocenters. The summed E-state index contributed by atoms with van der Waals surface area (Å²) in [7, 11) is 0. The summed E-state index contributed by atoms with van der Waals surface area (Å²) < 4.78 is 0. The Balaban J connectivity index is 2.15. The van der Waals surface area contributed by atoms with Gasteiger partial charge < -0.3 is 21.5 Å². The molecule has 5 nitrogen and oxygen atoms in total. The van der Waals surface area contributed by atoms with Crippen molar-refractivity contribution in [3.63, 3.8) is 0 Å². The molecule has 0 bridgehead atoms. The number of carbonyl (C=O) groups is 1. The Kier molecular flexibility index (Phi) is 5.07. The van der Waals surface area contributed by atoms with E-state index in [0.717, 1.165) is 31.4 Å². The third kappa shape index (κ3) is 3.67. The van der Waals surface area contributed by atoms with Crippen LogP contribution in [0.1, 0.15) is 49.4 Å². The maximum atomic E-state index is 11.8. The van der Waals surface area contributed by atoms with E-state index in [1.807, 2.05) is 13.0 Å². The van der Waals surface area contributed by atoms with Crippen molar-refractivity contribution in [2.24, 2.45) is 0 Å². The lowest BCUT2D eigenvalue weighted by Crippen LogP contribution is -2.44. The molecule has 0 heterocycles. The number of aliphatic hydroxyl groups excluding tert-OH is 1. The van der Waals surface area contributed by atoms with Crippen LogP contribution in [-0.4, -0.2) is 29.7 Å². The Morgan fingerprint density at radius 3 is 2.62 bits per heavy atom. The van der Waals surface area contributed by atoms with Crippen LogP contribution in [0.5, 0.6) is 0 Å². The van der Waals surface area contributed by atoms with E-state index in [4.69, 9.17) is 5.73 Å². The molecule has 1 aromatic rings. The molecule has 0 unspecified atom stereocenters. The number of nitrogens with two attached hydrogens (primary N) is 1. The molecule has 1 aliphatic rings. The fraction of sp³-hybridized carbons (Fsp3) is 0.562. The first-order chi connectivity index (χ1) is 10.1. The number of aliphatic hydroxyl groups is 1. The molecule has 2 rings (SSSR count). The van der Waals surface area contributed by atoms with Crippen LogP contribution in [0.3, 0.4) is 0 Å². The number of amides is 1. The van der Waals surface area contributed by atoms with Crippen LogP contribution in [-0.2, 0) is 0 Å². The lowest BCUT2D eigenvalue weighted by molar-refractivity contribution is 0.0956. The zero-order valence-electron chi connectivity index (χ0n) is 12.6. The van der Waals surface area contributed by atoms with Crippen molar-refractivity contribution in [2.45, 2.75) is 44.6 Å². The van der Waals surface area contributed by atoms with Gasteiger partial charge in [0.15, 0.2) is 0 Å². The Morgan fingerprint density at radius 2 is 2.05 bits per heavy atom. The molecule has 116 valence electrons. The minimum Gasteiger partial charge on any atom is -0.397 e. The molecule has 1 aliphatic carbocycles. The highest BCUT2D eigenvalue weighted by Crippen LogP contribution is 2.33. The van der Waals surface area contributed by atoms with Crippen LogP contribution in [0.25, 0.3) is 0 Å². The third-order valence-electron chi connectivity index (χ3n) is 4.16. The summed E-state index contributed by atoms with van der Waals surface area (Å²) >= 11 is 0. The lowest BCUT2D eigenvalue weighted by Gasteiger charge is -2.37. The molecular formula is C16H25N3O2. The Morgan fingerprint density at radius 1 is 1.33 bits per heavy atom. The summed E-state index contributed by atoms with van der Waals surface area (Å²) in [5.41, 5.74) is 7.67. The smallest absolute Gasteiger partial charge is 0.251 e. The van der Waals surface area contributed by atoms with Crippen molar-refractivity contribution in [1.29, 1.82) is 0 Å². The predicted molar refractivity (Wildman–Crippen MR) is 85.4 cm³/mol. The molecule has 1 amide bonds. The molecule has 1 saturated carbocycles. The monoisotopic (exact) mass is 291 g/mol. The molecule has 0 aliphatic heterocycles. The summed E-state index contributed by atoms with van der Waals surface area (Å²) in [5, 5.41) is 15.9. The fourth-order valence-electron chi connectivity index (χ4n) is 2.92. The molecule has 5 N–H and O–H groups in total. The minimum absolute atomic E-state index is 0.102. The first-order valence-electron chi connectivity index (χ1n) is 7.67. The van der Waals surface area contributed by atoms with Gasteiger partial charge in [-0.25, -0.2) is 0 Å². The Bertz CT molecular complexity index is 496. The van der Waals surface area contributed by atoms with Crippen molar-refractivity contribution in [2.75, 3.05) is 24.2 Å². The molecule has 5 heteroatoms. The van der Waals surface area contributed by atoms with Gasteiger partial charge in [0.1, 0.15) is 0 Å². The summed E-state index contributed by atoms with van der Waals surface area (Å²) in [4.78, 5) is 11.8. The lowest BCUT2D eigenvalue weighted by atomic mass is 9.82. The maximum absolute atomic E-state index is 11.8. The second kappa shape index (κ2) is 6.80. The number of hydrogen-bond donors (Lipinski definition) is 4. The van der Waals surface area contributed by atoms with Gasteiger partial charge >= 0.3 is 0 Å². The van der Waals surface area contributed by atoms with Crippen LogP contribution < -0.4 is 16.4 Å². The van der Waals surface area contributed by atoms with E-state index >= 15 is 0 Å². The first kappa shape index (κ1) is 15.6. The number of carbonyl (C=O) groups excluding carboxylic acids is 1. The largest absolute Gasteiger partial charge is 0.397 e. The van der Waals surface area contributed by atoms with Crippen molar-refractivity contribution < 1.29 is 9.90 Å². The van der Waals surface area contributed by atoms with Crippen LogP contribution in [0.15, 0.2) is 18.2 Å². The van der Waals surface area contributed by atoms with Gasteiger partial charge in [-0.1, -0.05) is 19.3 Å². The average Bonchev–Trinajstić information content (AvgIpc) is 2.50. The molecule has 1 aromatic carbocycles. The first-order valence-corrected chi connectivity index (χ1v) is 7.67. The summed E-state index contributed by atoms with van der Waals surface area (Å²) in [6, 6.07) is 5.27. The highest BCUT2D eigenvalue weighted by Gasteiger charge is 2.31. The van der Waals surface area contributed by atoms with Gasteiger partial charge in [0.05, 0.1) is 23.5 Å². The van der Waals surface area contributed by atoms with Gasteiger partial charge in [-0.05, 0) is 38.0 Å². The van der Waals surface area contributed by atoms with E-state index in [2.05, 4.69) is 10.6 Å². The van der Waals surface area contributed by atoms with E-state index in [0.29, 0.717) is 17.8 Å². The summed E-state index contributed by atoms with van der Waals surface area (Å²) in [5.74, 6) is -0.120. The molecule has 0 aromatic heterocycles. The number of benzene rings is 1. The van der Waals surface area contributed by atoms with Gasteiger partial charge in [-0.15, -0.1) is 0 Å². The van der Waals surface area contributed by atoms with Gasteiger partial charge in [0.25, 0.3) is 5.91 Å². The van der Waals surface area contributed by atoms with Crippen molar-refractivity contribution in [1.82, 2.24) is 5.32 Å². The van der Waals surface area contributed by atoms with Gasteiger partial charge in [-0.3, -0.25) is 4.79 Å². The SMILES string of the molecule is CCNC(=O)c1ccc(NC2(CO)CCCCC2)c(N)c1. The minimum atomic E-state index is -0.278. The van der Waals surface area contributed by atoms with E-state index < -0.39 is 0 Å². The fourth-order valence-corrected chi connectivity index (χ4v) is 2.92. The summed E-state index contributed by atoms with van der Waals surface area (Å²) in [6.45, 7) is 2.57. The average molecular weight is 291 g/mol. The van der Waals surface area contributed by atoms with Gasteiger partial charge in [0, 0.05) is 12.1 Å². The highest BCUT2D eigenvalue weighted by atomic mass is 16.3. The number of rotatable bonds is 5. The van der Waals surface area contributed by atoms with Crippen molar-refractivity contribution in [3.05, 3.63) is 23.8 Å². The molecule has 0 spiro atoms. The maximum Gasteiger partial charge on any atom is 0.251 e. The zero-order chi connectivity index (χ0) is 15.3. The summed E-state index contributed by atoms with van der Waals surface area (Å²) in [6.07, 6.45) is 5.34. The molecule has 1 fully saturated rings. The molecule has 21 heavy (non-hydrogen) atoms. The predicted octanol–water partition coefficient (Wildman–Crippen LogP) is 2.13. The normalized spacial score (nSPS) is 17.2. The highest BCUT2D eigenvalue weighted by molar-refractivity contribution is 5.96. The third-order valence-corrected chi connectivity index (χ3v) is 4.16. The topological polar surface area (TPSA) is 87.4 Å². The molecule has 0 saturated heterocycles. The van der Waals surface area contributed by atoms with Gasteiger partial charge in [0.2, 0.25) is 0 Å².